The van der Waals surface area contributed by atoms with E-state index in [0.717, 1.165) is 103 Å². The summed E-state index contributed by atoms with van der Waals surface area (Å²) in [6, 6.07) is 0. The molecule has 0 aliphatic heterocycles. The predicted octanol–water partition coefficient (Wildman–Crippen LogP) is 20.4. The molecule has 0 N–H and O–H groups in total. The van der Waals surface area contributed by atoms with Crippen LogP contribution in [-0.2, 0) is 28.6 Å². The Hall–Kier alpha value is -4.19. The largest absolute Gasteiger partial charge is 0.462 e. The number of hydrogen-bond acceptors (Lipinski definition) is 6. The van der Waals surface area contributed by atoms with Gasteiger partial charge in [0.2, 0.25) is 0 Å². The molecule has 0 heterocycles. The van der Waals surface area contributed by atoms with E-state index in [2.05, 4.69) is 142 Å². The van der Waals surface area contributed by atoms with Crippen LogP contribution in [0.2, 0.25) is 0 Å². The maximum absolute atomic E-state index is 12.8. The first-order chi connectivity index (χ1) is 36.0. The van der Waals surface area contributed by atoms with Crippen LogP contribution in [0.3, 0.4) is 0 Å². The van der Waals surface area contributed by atoms with E-state index in [1.807, 2.05) is 0 Å². The van der Waals surface area contributed by atoms with Crippen molar-refractivity contribution in [3.8, 4) is 0 Å². The third-order valence-corrected chi connectivity index (χ3v) is 12.4. The number of ether oxygens (including phenoxy) is 3. The highest BCUT2D eigenvalue weighted by molar-refractivity contribution is 5.71. The van der Waals surface area contributed by atoms with Gasteiger partial charge in [-0.15, -0.1) is 0 Å². The summed E-state index contributed by atoms with van der Waals surface area (Å²) in [7, 11) is 0. The molecular formula is C67H110O6. The van der Waals surface area contributed by atoms with E-state index in [-0.39, 0.29) is 37.5 Å². The van der Waals surface area contributed by atoms with Gasteiger partial charge in [0, 0.05) is 19.3 Å². The summed E-state index contributed by atoms with van der Waals surface area (Å²) < 4.78 is 16.8. The lowest BCUT2D eigenvalue weighted by Gasteiger charge is -2.18. The molecule has 0 amide bonds. The van der Waals surface area contributed by atoms with Gasteiger partial charge in [-0.2, -0.15) is 0 Å². The van der Waals surface area contributed by atoms with Gasteiger partial charge in [-0.05, 0) is 128 Å². The van der Waals surface area contributed by atoms with Crippen LogP contribution >= 0.6 is 0 Å². The molecule has 1 atom stereocenters. The smallest absolute Gasteiger partial charge is 0.306 e. The summed E-state index contributed by atoms with van der Waals surface area (Å²) in [4.78, 5) is 38.2. The lowest BCUT2D eigenvalue weighted by molar-refractivity contribution is -0.167. The lowest BCUT2D eigenvalue weighted by atomic mass is 10.0. The standard InChI is InChI=1S/C67H110O6/c1-4-7-10-13-16-19-22-25-28-29-30-31-32-33-34-35-36-37-40-42-45-48-51-54-57-60-66(69)72-63-64(73-67(70)61-58-55-52-49-46-43-39-27-24-21-18-15-12-9-6-3)62-71-65(68)59-56-53-50-47-44-41-38-26-23-20-17-14-11-8-5-2/h8-9,11-12,17-18,20-22,25-27,29-30,38-39,44,46-47,49,64H,4-7,10,13-16,19,23-24,28,31-37,40-43,45,48,50-63H2,1-3H3/b11-8-,12-9-,20-17-,21-18-,25-22-,30-29-,38-26-,39-27-,47-44-,49-46-. The highest BCUT2D eigenvalue weighted by atomic mass is 16.6. The number of esters is 3. The zero-order valence-electron chi connectivity index (χ0n) is 47.4. The Bertz CT molecular complexity index is 1540. The SMILES string of the molecule is CC/C=C\C/C=C\C/C=C\C/C=C\CCCCC(=O)OCC(COC(=O)CCCCCCCCCCCCCCC/C=C\C/C=C\CCCCCCC)OC(=O)CCCC/C=C\C/C=C\C/C=C\C/C=C\CC. The summed E-state index contributed by atoms with van der Waals surface area (Å²) in [5, 5.41) is 0. The van der Waals surface area contributed by atoms with Gasteiger partial charge in [-0.3, -0.25) is 14.4 Å². The van der Waals surface area contributed by atoms with Crippen LogP contribution in [0.5, 0.6) is 0 Å². The third-order valence-electron chi connectivity index (χ3n) is 12.4. The Labute approximate surface area is 450 Å². The summed E-state index contributed by atoms with van der Waals surface area (Å²) in [5.74, 6) is -0.997. The number of carbonyl (C=O) groups excluding carboxylic acids is 3. The van der Waals surface area contributed by atoms with Crippen molar-refractivity contribution < 1.29 is 28.6 Å². The molecule has 0 aliphatic rings. The zero-order valence-corrected chi connectivity index (χ0v) is 47.4. The number of allylic oxidation sites excluding steroid dienone is 20. The molecule has 0 aromatic carbocycles. The van der Waals surface area contributed by atoms with Crippen LogP contribution in [0.4, 0.5) is 0 Å². The van der Waals surface area contributed by atoms with Crippen molar-refractivity contribution in [3.05, 3.63) is 122 Å². The van der Waals surface area contributed by atoms with Crippen LogP contribution in [0.1, 0.15) is 265 Å². The van der Waals surface area contributed by atoms with Gasteiger partial charge in [0.1, 0.15) is 13.2 Å². The average Bonchev–Trinajstić information content (AvgIpc) is 3.39. The summed E-state index contributed by atoms with van der Waals surface area (Å²) in [6.07, 6.45) is 83.5. The molecule has 0 bridgehead atoms. The van der Waals surface area contributed by atoms with E-state index in [1.165, 1.54) is 109 Å². The first-order valence-electron chi connectivity index (χ1n) is 30.0. The van der Waals surface area contributed by atoms with E-state index in [0.29, 0.717) is 25.7 Å². The quantitative estimate of drug-likeness (QED) is 0.0261. The molecule has 0 saturated carbocycles. The van der Waals surface area contributed by atoms with Crippen LogP contribution in [0.15, 0.2) is 122 Å². The molecule has 0 aliphatic carbocycles. The van der Waals surface area contributed by atoms with Gasteiger partial charge in [0.05, 0.1) is 0 Å². The fraction of sp³-hybridized carbons (Fsp3) is 0.657. The van der Waals surface area contributed by atoms with Crippen LogP contribution in [-0.4, -0.2) is 37.2 Å². The minimum Gasteiger partial charge on any atom is -0.462 e. The van der Waals surface area contributed by atoms with Crippen molar-refractivity contribution in [2.75, 3.05) is 13.2 Å². The molecule has 0 aromatic rings. The Morgan fingerprint density at radius 2 is 0.534 bits per heavy atom. The number of unbranched alkanes of at least 4 members (excludes halogenated alkanes) is 22. The predicted molar refractivity (Wildman–Crippen MR) is 316 cm³/mol. The van der Waals surface area contributed by atoms with E-state index in [9.17, 15) is 14.4 Å². The van der Waals surface area contributed by atoms with Crippen molar-refractivity contribution in [2.24, 2.45) is 0 Å². The van der Waals surface area contributed by atoms with Gasteiger partial charge >= 0.3 is 17.9 Å². The van der Waals surface area contributed by atoms with E-state index >= 15 is 0 Å². The molecule has 0 spiro atoms. The molecule has 1 unspecified atom stereocenters. The molecule has 6 heteroatoms. The summed E-state index contributed by atoms with van der Waals surface area (Å²) in [5.41, 5.74) is 0. The first-order valence-corrected chi connectivity index (χ1v) is 30.0. The molecule has 0 radical (unpaired) electrons. The molecule has 0 fully saturated rings. The second kappa shape index (κ2) is 60.4. The maximum Gasteiger partial charge on any atom is 0.306 e. The normalized spacial score (nSPS) is 13.0. The second-order valence-electron chi connectivity index (χ2n) is 19.5. The van der Waals surface area contributed by atoms with Gasteiger partial charge in [-0.25, -0.2) is 0 Å². The second-order valence-corrected chi connectivity index (χ2v) is 19.5. The number of rotatable bonds is 53. The summed E-state index contributed by atoms with van der Waals surface area (Å²) in [6.45, 7) is 6.33. The van der Waals surface area contributed by atoms with Crippen molar-refractivity contribution >= 4 is 17.9 Å². The summed E-state index contributed by atoms with van der Waals surface area (Å²) >= 11 is 0. The van der Waals surface area contributed by atoms with Crippen molar-refractivity contribution in [1.29, 1.82) is 0 Å². The molecule has 0 saturated heterocycles. The van der Waals surface area contributed by atoms with Gasteiger partial charge < -0.3 is 14.2 Å². The minimum atomic E-state index is -0.821. The topological polar surface area (TPSA) is 78.9 Å². The Morgan fingerprint density at radius 1 is 0.288 bits per heavy atom. The fourth-order valence-electron chi connectivity index (χ4n) is 7.98. The molecule has 414 valence electrons. The minimum absolute atomic E-state index is 0.111. The zero-order chi connectivity index (χ0) is 52.9. The molecular weight excluding hydrogens is 901 g/mol. The van der Waals surface area contributed by atoms with Crippen LogP contribution < -0.4 is 0 Å². The molecule has 73 heavy (non-hydrogen) atoms. The highest BCUT2D eigenvalue weighted by Gasteiger charge is 2.19. The highest BCUT2D eigenvalue weighted by Crippen LogP contribution is 2.15. The Morgan fingerprint density at radius 3 is 0.863 bits per heavy atom. The van der Waals surface area contributed by atoms with Crippen molar-refractivity contribution in [2.45, 2.75) is 271 Å². The number of carbonyl (C=O) groups is 3. The number of hydrogen-bond donors (Lipinski definition) is 0. The molecule has 0 rings (SSSR count). The van der Waals surface area contributed by atoms with Crippen LogP contribution in [0, 0.1) is 0 Å². The Kier molecular flexibility index (Phi) is 56.9. The van der Waals surface area contributed by atoms with E-state index in [1.54, 1.807) is 0 Å². The molecule has 6 nitrogen and oxygen atoms in total. The van der Waals surface area contributed by atoms with Crippen molar-refractivity contribution in [3.63, 3.8) is 0 Å². The fourth-order valence-corrected chi connectivity index (χ4v) is 7.98. The monoisotopic (exact) mass is 1010 g/mol. The third kappa shape index (κ3) is 58.6. The van der Waals surface area contributed by atoms with Crippen LogP contribution in [0.25, 0.3) is 0 Å². The lowest BCUT2D eigenvalue weighted by Crippen LogP contribution is -2.30. The van der Waals surface area contributed by atoms with E-state index < -0.39 is 6.10 Å². The average molecular weight is 1010 g/mol. The van der Waals surface area contributed by atoms with Gasteiger partial charge in [0.15, 0.2) is 6.10 Å². The first kappa shape index (κ1) is 68.8. The maximum atomic E-state index is 12.8. The van der Waals surface area contributed by atoms with Gasteiger partial charge in [0.25, 0.3) is 0 Å². The Balaban J connectivity index is 4.39. The van der Waals surface area contributed by atoms with Crippen molar-refractivity contribution in [1.82, 2.24) is 0 Å². The van der Waals surface area contributed by atoms with E-state index in [4.69, 9.17) is 14.2 Å². The van der Waals surface area contributed by atoms with Gasteiger partial charge in [-0.1, -0.05) is 239 Å². The molecule has 0 aromatic heterocycles.